The van der Waals surface area contributed by atoms with E-state index in [0.29, 0.717) is 11.4 Å². The SMILES string of the molecule is CNc1c(-c2cccc(C#N)c2)ccc2nc(-c3cccnc3)nc(C)c12. The van der Waals surface area contributed by atoms with E-state index in [2.05, 4.69) is 16.4 Å². The highest BCUT2D eigenvalue weighted by atomic mass is 14.9. The van der Waals surface area contributed by atoms with Crippen LogP contribution in [-0.2, 0) is 0 Å². The average Bonchev–Trinajstić information content (AvgIpc) is 2.73. The van der Waals surface area contributed by atoms with Gasteiger partial charge in [-0.3, -0.25) is 4.98 Å². The summed E-state index contributed by atoms with van der Waals surface area (Å²) in [6.07, 6.45) is 3.50. The first kappa shape index (κ1) is 16.7. The zero-order chi connectivity index (χ0) is 18.8. The third-order valence-corrected chi connectivity index (χ3v) is 4.52. The molecule has 2 aromatic carbocycles. The van der Waals surface area contributed by atoms with Crippen LogP contribution >= 0.6 is 0 Å². The summed E-state index contributed by atoms with van der Waals surface area (Å²) in [6.45, 7) is 1.99. The summed E-state index contributed by atoms with van der Waals surface area (Å²) in [7, 11) is 1.89. The molecule has 27 heavy (non-hydrogen) atoms. The minimum absolute atomic E-state index is 0.634. The lowest BCUT2D eigenvalue weighted by molar-refractivity contribution is 1.15. The van der Waals surface area contributed by atoms with Gasteiger partial charge in [0, 0.05) is 36.0 Å². The van der Waals surface area contributed by atoms with E-state index in [9.17, 15) is 5.26 Å². The van der Waals surface area contributed by atoms with E-state index in [1.54, 1.807) is 18.5 Å². The van der Waals surface area contributed by atoms with Crippen LogP contribution in [0.2, 0.25) is 0 Å². The van der Waals surface area contributed by atoms with Crippen LogP contribution in [0.5, 0.6) is 0 Å². The molecular formula is C22H17N5. The number of fused-ring (bicyclic) bond motifs is 1. The molecule has 4 rings (SSSR count). The fourth-order valence-electron chi connectivity index (χ4n) is 3.29. The first-order chi connectivity index (χ1) is 13.2. The molecule has 0 radical (unpaired) electrons. The second-order valence-electron chi connectivity index (χ2n) is 6.20. The van der Waals surface area contributed by atoms with Crippen LogP contribution in [0.25, 0.3) is 33.4 Å². The van der Waals surface area contributed by atoms with E-state index in [0.717, 1.165) is 39.0 Å². The number of nitrogens with zero attached hydrogens (tertiary/aromatic N) is 4. The second-order valence-corrected chi connectivity index (χ2v) is 6.20. The molecule has 0 aliphatic rings. The Morgan fingerprint density at radius 3 is 2.59 bits per heavy atom. The van der Waals surface area contributed by atoms with Gasteiger partial charge in [0.2, 0.25) is 0 Å². The van der Waals surface area contributed by atoms with E-state index < -0.39 is 0 Å². The monoisotopic (exact) mass is 351 g/mol. The minimum Gasteiger partial charge on any atom is -0.387 e. The molecule has 5 nitrogen and oxygen atoms in total. The molecule has 2 heterocycles. The van der Waals surface area contributed by atoms with Crippen molar-refractivity contribution in [2.24, 2.45) is 0 Å². The van der Waals surface area contributed by atoms with E-state index >= 15 is 0 Å². The highest BCUT2D eigenvalue weighted by molar-refractivity contribution is 6.01. The zero-order valence-corrected chi connectivity index (χ0v) is 15.1. The van der Waals surface area contributed by atoms with Gasteiger partial charge in [-0.1, -0.05) is 18.2 Å². The smallest absolute Gasteiger partial charge is 0.161 e. The van der Waals surface area contributed by atoms with Gasteiger partial charge in [-0.25, -0.2) is 9.97 Å². The largest absolute Gasteiger partial charge is 0.387 e. The summed E-state index contributed by atoms with van der Waals surface area (Å²) in [5.41, 5.74) is 6.23. The number of nitriles is 1. The summed E-state index contributed by atoms with van der Waals surface area (Å²) >= 11 is 0. The molecule has 130 valence electrons. The van der Waals surface area contributed by atoms with Crippen LogP contribution in [-0.4, -0.2) is 22.0 Å². The van der Waals surface area contributed by atoms with Crippen molar-refractivity contribution in [1.29, 1.82) is 5.26 Å². The fraction of sp³-hybridized carbons (Fsp3) is 0.0909. The van der Waals surface area contributed by atoms with Crippen LogP contribution in [0, 0.1) is 18.3 Å². The second kappa shape index (κ2) is 6.85. The molecule has 0 saturated carbocycles. The van der Waals surface area contributed by atoms with Gasteiger partial charge in [-0.15, -0.1) is 0 Å². The lowest BCUT2D eigenvalue weighted by Gasteiger charge is -2.15. The third kappa shape index (κ3) is 2.98. The normalized spacial score (nSPS) is 10.6. The summed E-state index contributed by atoms with van der Waals surface area (Å²) in [4.78, 5) is 13.6. The van der Waals surface area contributed by atoms with Crippen LogP contribution in [0.15, 0.2) is 60.9 Å². The number of benzene rings is 2. The van der Waals surface area contributed by atoms with Crippen LogP contribution in [0.4, 0.5) is 5.69 Å². The van der Waals surface area contributed by atoms with Gasteiger partial charge in [-0.05, 0) is 42.8 Å². The molecular weight excluding hydrogens is 334 g/mol. The van der Waals surface area contributed by atoms with E-state index in [4.69, 9.17) is 9.97 Å². The van der Waals surface area contributed by atoms with Crippen molar-refractivity contribution >= 4 is 16.6 Å². The molecule has 1 N–H and O–H groups in total. The fourth-order valence-corrected chi connectivity index (χ4v) is 3.29. The first-order valence-electron chi connectivity index (χ1n) is 8.61. The molecule has 0 amide bonds. The van der Waals surface area contributed by atoms with Gasteiger partial charge < -0.3 is 5.32 Å². The number of hydrogen-bond donors (Lipinski definition) is 1. The van der Waals surface area contributed by atoms with E-state index in [-0.39, 0.29) is 0 Å². The molecule has 4 aromatic rings. The van der Waals surface area contributed by atoms with Crippen molar-refractivity contribution in [2.75, 3.05) is 12.4 Å². The summed E-state index contributed by atoms with van der Waals surface area (Å²) < 4.78 is 0. The highest BCUT2D eigenvalue weighted by Crippen LogP contribution is 2.36. The number of nitrogens with one attached hydrogen (secondary N) is 1. The summed E-state index contributed by atoms with van der Waals surface area (Å²) in [5.74, 6) is 0.661. The average molecular weight is 351 g/mol. The number of aryl methyl sites for hydroxylation is 1. The van der Waals surface area contributed by atoms with Gasteiger partial charge >= 0.3 is 0 Å². The van der Waals surface area contributed by atoms with Crippen molar-refractivity contribution in [2.45, 2.75) is 6.92 Å². The maximum Gasteiger partial charge on any atom is 0.161 e. The number of rotatable bonds is 3. The van der Waals surface area contributed by atoms with Crippen molar-refractivity contribution < 1.29 is 0 Å². The quantitative estimate of drug-likeness (QED) is 0.585. The Labute approximate surface area is 157 Å². The number of pyridine rings is 1. The summed E-state index contributed by atoms with van der Waals surface area (Å²) in [5, 5.41) is 13.5. The topological polar surface area (TPSA) is 74.5 Å². The van der Waals surface area contributed by atoms with Gasteiger partial charge in [0.25, 0.3) is 0 Å². The minimum atomic E-state index is 0.634. The maximum atomic E-state index is 9.20. The lowest BCUT2D eigenvalue weighted by atomic mass is 9.98. The molecule has 0 unspecified atom stereocenters. The zero-order valence-electron chi connectivity index (χ0n) is 15.1. The van der Waals surface area contributed by atoms with Crippen LogP contribution < -0.4 is 5.32 Å². The Morgan fingerprint density at radius 2 is 1.85 bits per heavy atom. The molecule has 0 spiro atoms. The van der Waals surface area contributed by atoms with Crippen molar-refractivity contribution in [3.63, 3.8) is 0 Å². The van der Waals surface area contributed by atoms with E-state index in [1.807, 2.05) is 56.4 Å². The molecule has 0 fully saturated rings. The van der Waals surface area contributed by atoms with E-state index in [1.165, 1.54) is 0 Å². The maximum absolute atomic E-state index is 9.20. The van der Waals surface area contributed by atoms with Crippen molar-refractivity contribution in [3.8, 4) is 28.6 Å². The molecule has 5 heteroatoms. The molecule has 0 atom stereocenters. The Balaban J connectivity index is 1.94. The Bertz CT molecular complexity index is 1180. The lowest BCUT2D eigenvalue weighted by Crippen LogP contribution is -2.00. The molecule has 0 bridgehead atoms. The standard InChI is InChI=1S/C22H17N5/c1-14-20-19(27-22(26-14)17-7-4-10-25-13-17)9-8-18(21(20)24-2)16-6-3-5-15(11-16)12-23/h3-11,13,24H,1-2H3. The molecule has 2 aromatic heterocycles. The predicted octanol–water partition coefficient (Wildman–Crippen LogP) is 4.58. The Morgan fingerprint density at radius 1 is 1.00 bits per heavy atom. The number of hydrogen-bond acceptors (Lipinski definition) is 5. The van der Waals surface area contributed by atoms with Gasteiger partial charge in [-0.2, -0.15) is 5.26 Å². The molecule has 0 saturated heterocycles. The van der Waals surface area contributed by atoms with Crippen molar-refractivity contribution in [1.82, 2.24) is 15.0 Å². The van der Waals surface area contributed by atoms with Crippen molar-refractivity contribution in [3.05, 3.63) is 72.2 Å². The van der Waals surface area contributed by atoms with Gasteiger partial charge in [0.05, 0.1) is 28.5 Å². The Hall–Kier alpha value is -3.78. The summed E-state index contributed by atoms with van der Waals surface area (Å²) in [6, 6.07) is 17.7. The van der Waals surface area contributed by atoms with Gasteiger partial charge in [0.1, 0.15) is 0 Å². The highest BCUT2D eigenvalue weighted by Gasteiger charge is 2.14. The van der Waals surface area contributed by atoms with Crippen LogP contribution in [0.1, 0.15) is 11.3 Å². The number of aromatic nitrogens is 3. The number of anilines is 1. The molecule has 0 aliphatic carbocycles. The molecule has 0 aliphatic heterocycles. The third-order valence-electron chi connectivity index (χ3n) is 4.52. The van der Waals surface area contributed by atoms with Gasteiger partial charge in [0.15, 0.2) is 5.82 Å². The Kier molecular flexibility index (Phi) is 4.23. The predicted molar refractivity (Wildman–Crippen MR) is 107 cm³/mol. The van der Waals surface area contributed by atoms with Crippen LogP contribution in [0.3, 0.4) is 0 Å². The first-order valence-corrected chi connectivity index (χ1v) is 8.61.